The number of carboxylic acid groups (broad SMARTS) is 1. The number of hydrogen-bond donors (Lipinski definition) is 2. The lowest BCUT2D eigenvalue weighted by molar-refractivity contribution is -0.142. The molecule has 3 heterocycles. The van der Waals surface area contributed by atoms with Gasteiger partial charge in [-0.15, -0.1) is 0 Å². The molecule has 0 saturated carbocycles. The van der Waals surface area contributed by atoms with Gasteiger partial charge < -0.3 is 15.3 Å². The fourth-order valence-electron chi connectivity index (χ4n) is 4.39. The highest BCUT2D eigenvalue weighted by Crippen LogP contribution is 2.33. The molecule has 2 aromatic carbocycles. The van der Waals surface area contributed by atoms with Crippen molar-refractivity contribution in [3.63, 3.8) is 0 Å². The third kappa shape index (κ3) is 5.80. The second kappa shape index (κ2) is 10.5. The molecule has 39 heavy (non-hydrogen) atoms. The third-order valence-corrected chi connectivity index (χ3v) is 6.62. The summed E-state index contributed by atoms with van der Waals surface area (Å²) in [6, 6.07) is 11.9. The predicted molar refractivity (Wildman–Crippen MR) is 137 cm³/mol. The maximum absolute atomic E-state index is 13.6. The van der Waals surface area contributed by atoms with Crippen LogP contribution in [0.3, 0.4) is 0 Å². The normalized spacial score (nSPS) is 15.8. The molecule has 5 rings (SSSR count). The number of nitrogens with one attached hydrogen (secondary N) is 1. The highest BCUT2D eigenvalue weighted by Gasteiger charge is 2.34. The summed E-state index contributed by atoms with van der Waals surface area (Å²) in [6.45, 7) is 1.02. The van der Waals surface area contributed by atoms with Gasteiger partial charge in [-0.3, -0.25) is 4.79 Å². The van der Waals surface area contributed by atoms with Crippen LogP contribution in [0.5, 0.6) is 0 Å². The molecule has 13 heteroatoms. The summed E-state index contributed by atoms with van der Waals surface area (Å²) < 4.78 is 54.5. The molecule has 1 atom stereocenters. The van der Waals surface area contributed by atoms with Crippen LogP contribution in [-0.4, -0.2) is 43.9 Å². The molecule has 0 bridgehead atoms. The van der Waals surface area contributed by atoms with Gasteiger partial charge in [-0.05, 0) is 54.8 Å². The van der Waals surface area contributed by atoms with Crippen molar-refractivity contribution in [3.05, 3.63) is 77.5 Å². The van der Waals surface area contributed by atoms with Crippen molar-refractivity contribution in [2.45, 2.75) is 19.0 Å². The van der Waals surface area contributed by atoms with E-state index in [-0.39, 0.29) is 16.8 Å². The molecule has 2 aromatic heterocycles. The molecular formula is C26H21ClF4N6O2. The lowest BCUT2D eigenvalue weighted by Gasteiger charge is -2.32. The fourth-order valence-corrected chi connectivity index (χ4v) is 4.57. The van der Waals surface area contributed by atoms with Crippen molar-refractivity contribution in [3.8, 4) is 16.9 Å². The Morgan fingerprint density at radius 3 is 2.69 bits per heavy atom. The Morgan fingerprint density at radius 1 is 1.15 bits per heavy atom. The number of rotatable bonds is 6. The molecular weight excluding hydrogens is 540 g/mol. The summed E-state index contributed by atoms with van der Waals surface area (Å²) in [5.41, 5.74) is 1.04. The number of aliphatic carboxylic acids is 1. The summed E-state index contributed by atoms with van der Waals surface area (Å²) in [5, 5.41) is 15.9. The van der Waals surface area contributed by atoms with Crippen LogP contribution in [0.15, 0.2) is 60.9 Å². The Kier molecular flexibility index (Phi) is 7.13. The zero-order chi connectivity index (χ0) is 27.7. The van der Waals surface area contributed by atoms with E-state index in [1.807, 2.05) is 17.0 Å². The first-order valence-electron chi connectivity index (χ1n) is 11.9. The van der Waals surface area contributed by atoms with Gasteiger partial charge in [0, 0.05) is 42.4 Å². The van der Waals surface area contributed by atoms with Gasteiger partial charge in [0.05, 0.1) is 10.9 Å². The van der Waals surface area contributed by atoms with Crippen molar-refractivity contribution >= 4 is 34.9 Å². The number of carbonyl (C=O) groups is 1. The van der Waals surface area contributed by atoms with Crippen molar-refractivity contribution in [2.75, 3.05) is 23.3 Å². The number of alkyl halides is 3. The summed E-state index contributed by atoms with van der Waals surface area (Å²) in [7, 11) is 0. The zero-order valence-electron chi connectivity index (χ0n) is 20.2. The van der Waals surface area contributed by atoms with E-state index in [1.165, 1.54) is 18.3 Å². The molecule has 1 saturated heterocycles. The Labute approximate surface area is 224 Å². The Morgan fingerprint density at radius 2 is 1.97 bits per heavy atom. The van der Waals surface area contributed by atoms with Crippen molar-refractivity contribution in [1.82, 2.24) is 19.7 Å². The predicted octanol–water partition coefficient (Wildman–Crippen LogP) is 6.19. The van der Waals surface area contributed by atoms with Crippen molar-refractivity contribution in [2.24, 2.45) is 5.92 Å². The minimum absolute atomic E-state index is 0.0250. The first-order chi connectivity index (χ1) is 18.6. The van der Waals surface area contributed by atoms with Gasteiger partial charge in [0.1, 0.15) is 5.82 Å². The summed E-state index contributed by atoms with van der Waals surface area (Å²) >= 11 is 5.85. The summed E-state index contributed by atoms with van der Waals surface area (Å²) in [4.78, 5) is 22.2. The Hall–Kier alpha value is -4.19. The molecule has 8 nitrogen and oxygen atoms in total. The van der Waals surface area contributed by atoms with Gasteiger partial charge in [0.15, 0.2) is 11.5 Å². The van der Waals surface area contributed by atoms with Crippen LogP contribution >= 0.6 is 11.6 Å². The molecule has 0 aliphatic carbocycles. The van der Waals surface area contributed by atoms with E-state index in [0.29, 0.717) is 36.3 Å². The van der Waals surface area contributed by atoms with Crippen LogP contribution in [0.4, 0.5) is 34.9 Å². The number of aromatic nitrogens is 4. The monoisotopic (exact) mass is 560 g/mol. The lowest BCUT2D eigenvalue weighted by Crippen LogP contribution is -2.38. The zero-order valence-corrected chi connectivity index (χ0v) is 20.9. The standard InChI is InChI=1S/C26H21ClF4N6O2/c27-20-12-17(6-7-21(20)28)33-25-32-13-19(23(34-25)37-10-8-22(35-37)26(29,30)31)15-3-1-5-18(11-15)36-9-2-4-16(14-36)24(38)39/h1,3,5-8,10-13,16H,2,4,9,14H2,(H,38,39)(H,32,33,34). The maximum Gasteiger partial charge on any atom is 0.435 e. The topological polar surface area (TPSA) is 96.2 Å². The number of carboxylic acids is 1. The molecule has 0 amide bonds. The van der Waals surface area contributed by atoms with E-state index in [4.69, 9.17) is 11.6 Å². The van der Waals surface area contributed by atoms with E-state index in [0.717, 1.165) is 35.1 Å². The van der Waals surface area contributed by atoms with E-state index in [1.54, 1.807) is 12.1 Å². The Bertz CT molecular complexity index is 1530. The molecule has 1 fully saturated rings. The summed E-state index contributed by atoms with van der Waals surface area (Å²) in [5.74, 6) is -1.86. The average molecular weight is 561 g/mol. The van der Waals surface area contributed by atoms with E-state index in [9.17, 15) is 27.5 Å². The minimum atomic E-state index is -4.65. The SMILES string of the molecule is O=C(O)C1CCCN(c2cccc(-c3cnc(Nc4ccc(F)c(Cl)c4)nc3-n3ccc(C(F)(F)F)n3)c2)C1. The number of piperidine rings is 1. The van der Waals surface area contributed by atoms with Gasteiger partial charge in [-0.25, -0.2) is 14.1 Å². The number of benzene rings is 2. The van der Waals surface area contributed by atoms with Crippen LogP contribution in [0, 0.1) is 11.7 Å². The molecule has 1 unspecified atom stereocenters. The first kappa shape index (κ1) is 26.4. The minimum Gasteiger partial charge on any atom is -0.481 e. The number of nitrogens with zero attached hydrogens (tertiary/aromatic N) is 5. The number of anilines is 3. The van der Waals surface area contributed by atoms with Gasteiger partial charge in [-0.1, -0.05) is 23.7 Å². The second-order valence-electron chi connectivity index (χ2n) is 9.00. The highest BCUT2D eigenvalue weighted by molar-refractivity contribution is 6.31. The quantitative estimate of drug-likeness (QED) is 0.272. The van der Waals surface area contributed by atoms with E-state index in [2.05, 4.69) is 20.4 Å². The molecule has 0 radical (unpaired) electrons. The summed E-state index contributed by atoms with van der Waals surface area (Å²) in [6.07, 6.45) is -0.743. The van der Waals surface area contributed by atoms with Gasteiger partial charge in [0.25, 0.3) is 0 Å². The number of hydrogen-bond acceptors (Lipinski definition) is 6. The van der Waals surface area contributed by atoms with Crippen molar-refractivity contribution < 1.29 is 27.5 Å². The van der Waals surface area contributed by atoms with Crippen LogP contribution < -0.4 is 10.2 Å². The second-order valence-corrected chi connectivity index (χ2v) is 9.41. The highest BCUT2D eigenvalue weighted by atomic mass is 35.5. The third-order valence-electron chi connectivity index (χ3n) is 6.33. The van der Waals surface area contributed by atoms with Crippen LogP contribution in [0.1, 0.15) is 18.5 Å². The maximum atomic E-state index is 13.6. The smallest absolute Gasteiger partial charge is 0.435 e. The lowest BCUT2D eigenvalue weighted by atomic mass is 9.97. The van der Waals surface area contributed by atoms with Crippen LogP contribution in [-0.2, 0) is 11.0 Å². The molecule has 1 aliphatic rings. The Balaban J connectivity index is 1.54. The van der Waals surface area contributed by atoms with Gasteiger partial charge >= 0.3 is 12.1 Å². The number of halogens is 5. The molecule has 0 spiro atoms. The molecule has 1 aliphatic heterocycles. The van der Waals surface area contributed by atoms with Crippen molar-refractivity contribution in [1.29, 1.82) is 0 Å². The largest absolute Gasteiger partial charge is 0.481 e. The van der Waals surface area contributed by atoms with Gasteiger partial charge in [-0.2, -0.15) is 23.3 Å². The molecule has 2 N–H and O–H groups in total. The first-order valence-corrected chi connectivity index (χ1v) is 12.3. The molecule has 202 valence electrons. The average Bonchev–Trinajstić information content (AvgIpc) is 3.42. The van der Waals surface area contributed by atoms with E-state index >= 15 is 0 Å². The fraction of sp³-hybridized carbons (Fsp3) is 0.231. The van der Waals surface area contributed by atoms with Crippen LogP contribution in [0.25, 0.3) is 16.9 Å². The molecule has 4 aromatic rings. The van der Waals surface area contributed by atoms with E-state index < -0.39 is 29.6 Å². The van der Waals surface area contributed by atoms with Crippen LogP contribution in [0.2, 0.25) is 5.02 Å². The van der Waals surface area contributed by atoms with Gasteiger partial charge in [0.2, 0.25) is 5.95 Å².